The zero-order chi connectivity index (χ0) is 17.4. The van der Waals surface area contributed by atoms with Gasteiger partial charge >= 0.3 is 12.2 Å². The van der Waals surface area contributed by atoms with Crippen molar-refractivity contribution >= 4 is 12.2 Å². The van der Waals surface area contributed by atoms with Gasteiger partial charge in [-0.05, 0) is 38.2 Å². The number of carbonyl (C=O) groups is 2. The summed E-state index contributed by atoms with van der Waals surface area (Å²) in [6.07, 6.45) is 1.04. The predicted molar refractivity (Wildman–Crippen MR) is 90.5 cm³/mol. The molecule has 1 N–H and O–H groups in total. The maximum atomic E-state index is 11.9. The van der Waals surface area contributed by atoms with Crippen molar-refractivity contribution in [2.75, 3.05) is 19.7 Å². The van der Waals surface area contributed by atoms with E-state index in [1.54, 1.807) is 11.8 Å². The molecule has 0 aliphatic carbocycles. The average molecular weight is 334 g/mol. The van der Waals surface area contributed by atoms with Gasteiger partial charge in [0.25, 0.3) is 0 Å². The lowest BCUT2D eigenvalue weighted by molar-refractivity contribution is 0.0856. The third-order valence-corrected chi connectivity index (χ3v) is 4.33. The standard InChI is InChI=1S/C18H26N2O4/c1-3-23-18(22)20-11-9-16(10-12-20)14(2)19-17(21)24-13-15-7-5-4-6-8-15/h4-8,14,16H,3,9-13H2,1-2H3,(H,19,21). The highest BCUT2D eigenvalue weighted by Gasteiger charge is 2.27. The van der Waals surface area contributed by atoms with Crippen LogP contribution in [0.4, 0.5) is 9.59 Å². The van der Waals surface area contributed by atoms with Crippen LogP contribution >= 0.6 is 0 Å². The Morgan fingerprint density at radius 2 is 1.88 bits per heavy atom. The summed E-state index contributed by atoms with van der Waals surface area (Å²) in [5, 5.41) is 2.89. The summed E-state index contributed by atoms with van der Waals surface area (Å²) in [5.41, 5.74) is 0.961. The first-order valence-corrected chi connectivity index (χ1v) is 8.49. The zero-order valence-electron chi connectivity index (χ0n) is 14.4. The first-order chi connectivity index (χ1) is 11.6. The fourth-order valence-electron chi connectivity index (χ4n) is 2.87. The molecule has 0 spiro atoms. The summed E-state index contributed by atoms with van der Waals surface area (Å²) in [6.45, 7) is 5.76. The van der Waals surface area contributed by atoms with Crippen molar-refractivity contribution in [2.24, 2.45) is 5.92 Å². The smallest absolute Gasteiger partial charge is 0.409 e. The Hall–Kier alpha value is -2.24. The van der Waals surface area contributed by atoms with Crippen LogP contribution in [0.1, 0.15) is 32.3 Å². The van der Waals surface area contributed by atoms with Gasteiger partial charge in [-0.3, -0.25) is 0 Å². The number of hydrogen-bond donors (Lipinski definition) is 1. The minimum Gasteiger partial charge on any atom is -0.450 e. The number of piperidine rings is 1. The summed E-state index contributed by atoms with van der Waals surface area (Å²) in [6, 6.07) is 9.60. The number of carbonyl (C=O) groups excluding carboxylic acids is 2. The monoisotopic (exact) mass is 334 g/mol. The Morgan fingerprint density at radius 1 is 1.21 bits per heavy atom. The fourth-order valence-corrected chi connectivity index (χ4v) is 2.87. The molecule has 1 fully saturated rings. The Labute approximate surface area is 143 Å². The van der Waals surface area contributed by atoms with Crippen LogP contribution < -0.4 is 5.32 Å². The van der Waals surface area contributed by atoms with Gasteiger partial charge in [0.2, 0.25) is 0 Å². The van der Waals surface area contributed by atoms with Crippen LogP contribution in [0.2, 0.25) is 0 Å². The molecular weight excluding hydrogens is 308 g/mol. The van der Waals surface area contributed by atoms with Crippen LogP contribution in [-0.4, -0.2) is 42.8 Å². The largest absolute Gasteiger partial charge is 0.450 e. The molecule has 2 rings (SSSR count). The third-order valence-electron chi connectivity index (χ3n) is 4.33. The Kier molecular flexibility index (Phi) is 6.90. The summed E-state index contributed by atoms with van der Waals surface area (Å²) in [4.78, 5) is 25.3. The second-order valence-corrected chi connectivity index (χ2v) is 6.02. The molecule has 1 aromatic carbocycles. The van der Waals surface area contributed by atoms with Crippen molar-refractivity contribution in [3.05, 3.63) is 35.9 Å². The topological polar surface area (TPSA) is 67.9 Å². The molecule has 24 heavy (non-hydrogen) atoms. The van der Waals surface area contributed by atoms with E-state index in [0.29, 0.717) is 25.6 Å². The van der Waals surface area contributed by atoms with E-state index >= 15 is 0 Å². The minimum atomic E-state index is -0.404. The predicted octanol–water partition coefficient (Wildman–Crippen LogP) is 3.17. The van der Waals surface area contributed by atoms with Gasteiger partial charge in [0, 0.05) is 19.1 Å². The van der Waals surface area contributed by atoms with Crippen molar-refractivity contribution in [2.45, 2.75) is 39.3 Å². The molecule has 0 aromatic heterocycles. The second kappa shape index (κ2) is 9.15. The molecule has 1 atom stereocenters. The van der Waals surface area contributed by atoms with Crippen LogP contribution in [0.25, 0.3) is 0 Å². The highest BCUT2D eigenvalue weighted by Crippen LogP contribution is 2.21. The van der Waals surface area contributed by atoms with Gasteiger partial charge < -0.3 is 19.7 Å². The van der Waals surface area contributed by atoms with Crippen molar-refractivity contribution in [1.29, 1.82) is 0 Å². The molecule has 132 valence electrons. The van der Waals surface area contributed by atoms with Crippen LogP contribution in [0.3, 0.4) is 0 Å². The van der Waals surface area contributed by atoms with Crippen molar-refractivity contribution < 1.29 is 19.1 Å². The van der Waals surface area contributed by atoms with Crippen molar-refractivity contribution in [3.8, 4) is 0 Å². The summed E-state index contributed by atoms with van der Waals surface area (Å²) >= 11 is 0. The van der Waals surface area contributed by atoms with Gasteiger partial charge in [0.05, 0.1) is 6.61 Å². The van der Waals surface area contributed by atoms with Gasteiger partial charge in [0.1, 0.15) is 6.61 Å². The van der Waals surface area contributed by atoms with Gasteiger partial charge in [0.15, 0.2) is 0 Å². The number of hydrogen-bond acceptors (Lipinski definition) is 4. The first kappa shape index (κ1) is 18.1. The lowest BCUT2D eigenvalue weighted by atomic mass is 9.90. The molecule has 1 heterocycles. The van der Waals surface area contributed by atoms with Crippen molar-refractivity contribution in [1.82, 2.24) is 10.2 Å². The normalized spacial score (nSPS) is 16.3. The van der Waals surface area contributed by atoms with Gasteiger partial charge in [-0.1, -0.05) is 30.3 Å². The zero-order valence-corrected chi connectivity index (χ0v) is 14.4. The summed E-state index contributed by atoms with van der Waals surface area (Å²) < 4.78 is 10.3. The molecule has 1 aliphatic rings. The second-order valence-electron chi connectivity index (χ2n) is 6.02. The maximum absolute atomic E-state index is 11.9. The lowest BCUT2D eigenvalue weighted by Gasteiger charge is -2.34. The average Bonchev–Trinajstić information content (AvgIpc) is 2.61. The number of nitrogens with one attached hydrogen (secondary N) is 1. The number of ether oxygens (including phenoxy) is 2. The molecule has 2 amide bonds. The van der Waals surface area contributed by atoms with Crippen molar-refractivity contribution in [3.63, 3.8) is 0 Å². The fraction of sp³-hybridized carbons (Fsp3) is 0.556. The summed E-state index contributed by atoms with van der Waals surface area (Å²) in [5.74, 6) is 0.333. The van der Waals surface area contributed by atoms with Crippen LogP contribution in [-0.2, 0) is 16.1 Å². The minimum absolute atomic E-state index is 0.0117. The van der Waals surface area contributed by atoms with E-state index in [0.717, 1.165) is 18.4 Å². The van der Waals surface area contributed by atoms with E-state index in [9.17, 15) is 9.59 Å². The van der Waals surface area contributed by atoms with E-state index < -0.39 is 6.09 Å². The SMILES string of the molecule is CCOC(=O)N1CCC(C(C)NC(=O)OCc2ccccc2)CC1. The molecule has 0 bridgehead atoms. The van der Waals surface area contributed by atoms with Gasteiger partial charge in [-0.25, -0.2) is 9.59 Å². The summed E-state index contributed by atoms with van der Waals surface area (Å²) in [7, 11) is 0. The number of rotatable bonds is 5. The number of alkyl carbamates (subject to hydrolysis) is 1. The van der Waals surface area contributed by atoms with Crippen LogP contribution in [0.15, 0.2) is 30.3 Å². The molecule has 0 saturated carbocycles. The quantitative estimate of drug-likeness (QED) is 0.898. The molecule has 1 aromatic rings. The molecular formula is C18H26N2O4. The van der Waals surface area contributed by atoms with E-state index in [2.05, 4.69) is 5.32 Å². The number of likely N-dealkylation sites (tertiary alicyclic amines) is 1. The Balaban J connectivity index is 1.70. The third kappa shape index (κ3) is 5.44. The van der Waals surface area contributed by atoms with Gasteiger partial charge in [-0.15, -0.1) is 0 Å². The number of nitrogens with zero attached hydrogens (tertiary/aromatic N) is 1. The van der Waals surface area contributed by atoms with E-state index in [-0.39, 0.29) is 18.7 Å². The molecule has 1 saturated heterocycles. The Morgan fingerprint density at radius 3 is 2.50 bits per heavy atom. The highest BCUT2D eigenvalue weighted by atomic mass is 16.6. The van der Waals surface area contributed by atoms with E-state index in [1.165, 1.54) is 0 Å². The Bertz CT molecular complexity index is 527. The lowest BCUT2D eigenvalue weighted by Crippen LogP contribution is -2.45. The number of amides is 2. The van der Waals surface area contributed by atoms with E-state index in [4.69, 9.17) is 9.47 Å². The van der Waals surface area contributed by atoms with E-state index in [1.807, 2.05) is 37.3 Å². The molecule has 1 unspecified atom stereocenters. The molecule has 6 nitrogen and oxygen atoms in total. The maximum Gasteiger partial charge on any atom is 0.409 e. The number of benzene rings is 1. The molecule has 0 radical (unpaired) electrons. The van der Waals surface area contributed by atoms with Crippen LogP contribution in [0.5, 0.6) is 0 Å². The molecule has 1 aliphatic heterocycles. The highest BCUT2D eigenvalue weighted by molar-refractivity contribution is 5.68. The van der Waals surface area contributed by atoms with Crippen LogP contribution in [0, 0.1) is 5.92 Å². The first-order valence-electron chi connectivity index (χ1n) is 8.49. The van der Waals surface area contributed by atoms with Gasteiger partial charge in [-0.2, -0.15) is 0 Å². The molecule has 6 heteroatoms.